The minimum absolute atomic E-state index is 0.0246. The van der Waals surface area contributed by atoms with Gasteiger partial charge in [0.2, 0.25) is 0 Å². The standard InChI is InChI=1S/C19H23N3O3/c1-19(2,3)22-17(24)15(16(23)20-18(22)25)12-13-6-8-14(9-7-13)21-10-4-5-11-21/h6-9,12H,4-5,10-11H2,1-3H3,(H,20,23,25)/b15-12+. The van der Waals surface area contributed by atoms with Crippen LogP contribution in [0, 0.1) is 0 Å². The number of hydrogen-bond donors (Lipinski definition) is 1. The lowest BCUT2D eigenvalue weighted by molar-refractivity contribution is -0.133. The topological polar surface area (TPSA) is 69.7 Å². The number of nitrogens with zero attached hydrogens (tertiary/aromatic N) is 2. The fraction of sp³-hybridized carbons (Fsp3) is 0.421. The molecule has 0 bridgehead atoms. The Balaban J connectivity index is 1.87. The van der Waals surface area contributed by atoms with E-state index < -0.39 is 23.4 Å². The van der Waals surface area contributed by atoms with Crippen molar-refractivity contribution in [2.24, 2.45) is 0 Å². The van der Waals surface area contributed by atoms with Crippen LogP contribution in [0.4, 0.5) is 10.5 Å². The zero-order valence-corrected chi connectivity index (χ0v) is 14.8. The lowest BCUT2D eigenvalue weighted by Crippen LogP contribution is -2.60. The molecule has 1 N–H and O–H groups in total. The van der Waals surface area contributed by atoms with E-state index in [1.807, 2.05) is 24.3 Å². The number of barbiturate groups is 1. The van der Waals surface area contributed by atoms with Crippen molar-refractivity contribution in [1.82, 2.24) is 10.2 Å². The first kappa shape index (κ1) is 17.2. The van der Waals surface area contributed by atoms with Crippen molar-refractivity contribution >= 4 is 29.6 Å². The number of benzene rings is 1. The zero-order chi connectivity index (χ0) is 18.2. The minimum atomic E-state index is -0.708. The van der Waals surface area contributed by atoms with Crippen molar-refractivity contribution in [3.05, 3.63) is 35.4 Å². The fourth-order valence-corrected chi connectivity index (χ4v) is 3.19. The molecule has 0 radical (unpaired) electrons. The van der Waals surface area contributed by atoms with Gasteiger partial charge in [-0.1, -0.05) is 12.1 Å². The molecule has 1 aromatic rings. The van der Waals surface area contributed by atoms with Crippen LogP contribution >= 0.6 is 0 Å². The van der Waals surface area contributed by atoms with Gasteiger partial charge in [-0.2, -0.15) is 0 Å². The number of carbonyl (C=O) groups is 3. The first-order chi connectivity index (χ1) is 11.8. The molecular weight excluding hydrogens is 318 g/mol. The van der Waals surface area contributed by atoms with E-state index in [4.69, 9.17) is 0 Å². The van der Waals surface area contributed by atoms with Crippen molar-refractivity contribution in [1.29, 1.82) is 0 Å². The number of rotatable bonds is 2. The summed E-state index contributed by atoms with van der Waals surface area (Å²) in [5.74, 6) is -1.22. The van der Waals surface area contributed by atoms with Gasteiger partial charge in [-0.05, 0) is 57.4 Å². The fourth-order valence-electron chi connectivity index (χ4n) is 3.19. The Morgan fingerprint density at radius 2 is 1.60 bits per heavy atom. The molecule has 0 aromatic heterocycles. The predicted molar refractivity (Wildman–Crippen MR) is 96.0 cm³/mol. The van der Waals surface area contributed by atoms with Gasteiger partial charge in [0.1, 0.15) is 5.57 Å². The van der Waals surface area contributed by atoms with Gasteiger partial charge in [-0.25, -0.2) is 4.79 Å². The molecule has 2 fully saturated rings. The molecule has 6 heteroatoms. The Bertz CT molecular complexity index is 738. The van der Waals surface area contributed by atoms with Gasteiger partial charge in [0.15, 0.2) is 0 Å². The molecular formula is C19H23N3O3. The Hall–Kier alpha value is -2.63. The van der Waals surface area contributed by atoms with Crippen molar-refractivity contribution in [3.63, 3.8) is 0 Å². The van der Waals surface area contributed by atoms with Crippen LogP contribution in [0.5, 0.6) is 0 Å². The van der Waals surface area contributed by atoms with E-state index in [0.29, 0.717) is 0 Å². The average molecular weight is 341 g/mol. The molecule has 132 valence electrons. The van der Waals surface area contributed by atoms with Gasteiger partial charge < -0.3 is 4.90 Å². The Labute approximate surface area is 147 Å². The van der Waals surface area contributed by atoms with Crippen LogP contribution in [-0.4, -0.2) is 41.4 Å². The van der Waals surface area contributed by atoms with Crippen LogP contribution in [0.25, 0.3) is 6.08 Å². The largest absolute Gasteiger partial charge is 0.372 e. The van der Waals surface area contributed by atoms with Gasteiger partial charge >= 0.3 is 6.03 Å². The number of imide groups is 2. The first-order valence-electron chi connectivity index (χ1n) is 8.54. The number of urea groups is 1. The predicted octanol–water partition coefficient (Wildman–Crippen LogP) is 2.55. The molecule has 0 aliphatic carbocycles. The van der Waals surface area contributed by atoms with E-state index in [1.165, 1.54) is 18.9 Å². The second-order valence-corrected chi connectivity index (χ2v) is 7.41. The highest BCUT2D eigenvalue weighted by Gasteiger charge is 2.41. The number of anilines is 1. The van der Waals surface area contributed by atoms with Crippen LogP contribution in [0.3, 0.4) is 0 Å². The van der Waals surface area contributed by atoms with E-state index in [9.17, 15) is 14.4 Å². The summed E-state index contributed by atoms with van der Waals surface area (Å²) in [5.41, 5.74) is 1.17. The molecule has 0 spiro atoms. The van der Waals surface area contributed by atoms with E-state index in [-0.39, 0.29) is 5.57 Å². The van der Waals surface area contributed by atoms with Gasteiger partial charge in [-0.15, -0.1) is 0 Å². The molecule has 4 amide bonds. The minimum Gasteiger partial charge on any atom is -0.372 e. The zero-order valence-electron chi connectivity index (χ0n) is 14.8. The summed E-state index contributed by atoms with van der Waals surface area (Å²) in [5, 5.41) is 2.24. The number of carbonyl (C=O) groups excluding carboxylic acids is 3. The van der Waals surface area contributed by atoms with Crippen molar-refractivity contribution in [2.45, 2.75) is 39.2 Å². The third-order valence-corrected chi connectivity index (χ3v) is 4.45. The summed E-state index contributed by atoms with van der Waals surface area (Å²) in [6.45, 7) is 7.38. The average Bonchev–Trinajstić information content (AvgIpc) is 3.04. The SMILES string of the molecule is CC(C)(C)N1C(=O)NC(=O)/C(=C\c2ccc(N3CCCC3)cc2)C1=O. The molecule has 1 aromatic carbocycles. The van der Waals surface area contributed by atoms with Gasteiger partial charge in [0, 0.05) is 24.3 Å². The highest BCUT2D eigenvalue weighted by atomic mass is 16.2. The maximum atomic E-state index is 12.6. The Morgan fingerprint density at radius 1 is 1.00 bits per heavy atom. The highest BCUT2D eigenvalue weighted by Crippen LogP contribution is 2.24. The van der Waals surface area contributed by atoms with Crippen LogP contribution < -0.4 is 10.2 Å². The summed E-state index contributed by atoms with van der Waals surface area (Å²) in [6.07, 6.45) is 3.95. The molecule has 0 atom stereocenters. The summed E-state index contributed by atoms with van der Waals surface area (Å²) >= 11 is 0. The number of nitrogens with one attached hydrogen (secondary N) is 1. The van der Waals surface area contributed by atoms with Gasteiger partial charge in [0.05, 0.1) is 0 Å². The second kappa shape index (κ2) is 6.35. The lowest BCUT2D eigenvalue weighted by atomic mass is 10.0. The van der Waals surface area contributed by atoms with Gasteiger partial charge in [0.25, 0.3) is 11.8 Å². The summed E-state index contributed by atoms with van der Waals surface area (Å²) < 4.78 is 0. The summed E-state index contributed by atoms with van der Waals surface area (Å²) in [6, 6.07) is 7.09. The molecule has 6 nitrogen and oxygen atoms in total. The summed E-state index contributed by atoms with van der Waals surface area (Å²) in [4.78, 5) is 40.1. The van der Waals surface area contributed by atoms with Crippen molar-refractivity contribution in [2.75, 3.05) is 18.0 Å². The Kier molecular flexibility index (Phi) is 4.37. The maximum Gasteiger partial charge on any atom is 0.331 e. The normalized spacial score (nSPS) is 20.4. The molecule has 25 heavy (non-hydrogen) atoms. The molecule has 2 aliphatic rings. The van der Waals surface area contributed by atoms with Crippen LogP contribution in [0.15, 0.2) is 29.8 Å². The van der Waals surface area contributed by atoms with Crippen molar-refractivity contribution in [3.8, 4) is 0 Å². The first-order valence-corrected chi connectivity index (χ1v) is 8.54. The molecule has 0 unspecified atom stereocenters. The summed E-state index contributed by atoms with van der Waals surface area (Å²) in [7, 11) is 0. The van der Waals surface area contributed by atoms with Crippen LogP contribution in [0.1, 0.15) is 39.2 Å². The second-order valence-electron chi connectivity index (χ2n) is 7.41. The van der Waals surface area contributed by atoms with E-state index in [1.54, 1.807) is 20.8 Å². The molecule has 3 rings (SSSR count). The van der Waals surface area contributed by atoms with E-state index in [0.717, 1.165) is 29.2 Å². The molecule has 2 aliphatic heterocycles. The van der Waals surface area contributed by atoms with Crippen LogP contribution in [-0.2, 0) is 9.59 Å². The molecule has 2 saturated heterocycles. The smallest absolute Gasteiger partial charge is 0.331 e. The number of hydrogen-bond acceptors (Lipinski definition) is 4. The highest BCUT2D eigenvalue weighted by molar-refractivity contribution is 6.31. The monoisotopic (exact) mass is 341 g/mol. The number of amides is 4. The van der Waals surface area contributed by atoms with E-state index in [2.05, 4.69) is 10.2 Å². The van der Waals surface area contributed by atoms with E-state index >= 15 is 0 Å². The third-order valence-electron chi connectivity index (χ3n) is 4.45. The third kappa shape index (κ3) is 3.43. The quantitative estimate of drug-likeness (QED) is 0.663. The Morgan fingerprint density at radius 3 is 2.16 bits per heavy atom. The van der Waals surface area contributed by atoms with Crippen molar-refractivity contribution < 1.29 is 14.4 Å². The van der Waals surface area contributed by atoms with Crippen LogP contribution in [0.2, 0.25) is 0 Å². The van der Waals surface area contributed by atoms with Gasteiger partial charge in [-0.3, -0.25) is 19.8 Å². The lowest BCUT2D eigenvalue weighted by Gasteiger charge is -2.36. The molecule has 2 heterocycles. The molecule has 0 saturated carbocycles. The maximum absolute atomic E-state index is 12.6.